The number of nitrogens with zero attached hydrogens (tertiary/aromatic N) is 1. The minimum Gasteiger partial charge on any atom is -0.477 e. The zero-order valence-corrected chi connectivity index (χ0v) is 14.4. The van der Waals surface area contributed by atoms with E-state index in [1.54, 1.807) is 0 Å². The van der Waals surface area contributed by atoms with Gasteiger partial charge in [0.1, 0.15) is 10.5 Å². The summed E-state index contributed by atoms with van der Waals surface area (Å²) in [4.78, 5) is 11.0. The lowest BCUT2D eigenvalue weighted by molar-refractivity contribution is -0.137. The van der Waals surface area contributed by atoms with E-state index in [9.17, 15) is 13.2 Å². The van der Waals surface area contributed by atoms with Gasteiger partial charge in [-0.05, 0) is 12.5 Å². The molecule has 0 aliphatic carbocycles. The number of thiophene rings is 1. The molecule has 9 heteroatoms. The van der Waals surface area contributed by atoms with E-state index in [2.05, 4.69) is 0 Å². The molecule has 2 atom stereocenters. The molecule has 7 nitrogen and oxygen atoms in total. The van der Waals surface area contributed by atoms with Crippen LogP contribution in [0.15, 0.2) is 16.3 Å². The van der Waals surface area contributed by atoms with Crippen molar-refractivity contribution in [2.24, 2.45) is 0 Å². The zero-order chi connectivity index (χ0) is 16.7. The van der Waals surface area contributed by atoms with Crippen LogP contribution in [0.25, 0.3) is 0 Å². The first-order chi connectivity index (χ1) is 10.9. The van der Waals surface area contributed by atoms with Crippen LogP contribution in [0.5, 0.6) is 0 Å². The summed E-state index contributed by atoms with van der Waals surface area (Å²) in [6.07, 6.45) is 1.19. The van der Waals surface area contributed by atoms with Gasteiger partial charge in [-0.15, -0.1) is 11.3 Å². The third-order valence-electron chi connectivity index (χ3n) is 4.23. The predicted molar refractivity (Wildman–Crippen MR) is 83.4 cm³/mol. The van der Waals surface area contributed by atoms with Gasteiger partial charge in [0.05, 0.1) is 17.6 Å². The van der Waals surface area contributed by atoms with Crippen molar-refractivity contribution in [3.05, 3.63) is 16.3 Å². The number of ether oxygens (including phenoxy) is 2. The van der Waals surface area contributed by atoms with Gasteiger partial charge in [-0.25, -0.2) is 13.2 Å². The second-order valence-electron chi connectivity index (χ2n) is 5.88. The van der Waals surface area contributed by atoms with Crippen molar-refractivity contribution in [2.45, 2.75) is 36.4 Å². The molecule has 1 aromatic heterocycles. The monoisotopic (exact) mass is 361 g/mol. The summed E-state index contributed by atoms with van der Waals surface area (Å²) >= 11 is 0.918. The Kier molecular flexibility index (Phi) is 4.49. The molecule has 2 fully saturated rings. The van der Waals surface area contributed by atoms with Gasteiger partial charge < -0.3 is 14.6 Å². The van der Waals surface area contributed by atoms with E-state index in [0.717, 1.165) is 11.3 Å². The topological polar surface area (TPSA) is 93.1 Å². The highest BCUT2D eigenvalue weighted by Crippen LogP contribution is 2.34. The van der Waals surface area contributed by atoms with Crippen LogP contribution in [0.3, 0.4) is 0 Å². The number of carboxylic acid groups (broad SMARTS) is 1. The first-order valence-corrected chi connectivity index (χ1v) is 9.76. The fourth-order valence-electron chi connectivity index (χ4n) is 2.96. The summed E-state index contributed by atoms with van der Waals surface area (Å²) in [5, 5.41) is 10.4. The Hall–Kier alpha value is -1.00. The zero-order valence-electron chi connectivity index (χ0n) is 12.7. The van der Waals surface area contributed by atoms with E-state index in [1.807, 2.05) is 6.92 Å². The van der Waals surface area contributed by atoms with E-state index in [1.165, 1.54) is 15.8 Å². The molecule has 0 aromatic carbocycles. The van der Waals surface area contributed by atoms with Crippen molar-refractivity contribution >= 4 is 27.3 Å². The average molecular weight is 361 g/mol. The highest BCUT2D eigenvalue weighted by molar-refractivity contribution is 7.89. The molecule has 0 bridgehead atoms. The molecule has 0 radical (unpaired) electrons. The lowest BCUT2D eigenvalue weighted by Gasteiger charge is -2.42. The van der Waals surface area contributed by atoms with Crippen molar-refractivity contribution in [2.75, 3.05) is 26.3 Å². The second kappa shape index (κ2) is 6.14. The van der Waals surface area contributed by atoms with E-state index in [0.29, 0.717) is 26.1 Å². The lowest BCUT2D eigenvalue weighted by Crippen LogP contribution is -2.57. The molecule has 1 aromatic rings. The number of hydrogen-bond donors (Lipinski definition) is 1. The van der Waals surface area contributed by atoms with E-state index in [4.69, 9.17) is 14.6 Å². The van der Waals surface area contributed by atoms with Crippen LogP contribution in [-0.4, -0.2) is 61.8 Å². The molecule has 2 aliphatic rings. The number of carboxylic acids is 1. The summed E-state index contributed by atoms with van der Waals surface area (Å²) in [6.45, 7) is 3.42. The highest BCUT2D eigenvalue weighted by Gasteiger charge is 2.46. The van der Waals surface area contributed by atoms with Crippen molar-refractivity contribution in [1.29, 1.82) is 0 Å². The van der Waals surface area contributed by atoms with Gasteiger partial charge in [0.2, 0.25) is 10.0 Å². The van der Waals surface area contributed by atoms with Crippen LogP contribution in [0, 0.1) is 0 Å². The Labute approximate surface area is 138 Å². The van der Waals surface area contributed by atoms with E-state index >= 15 is 0 Å². The Bertz CT molecular complexity index is 692. The second-order valence-corrected chi connectivity index (χ2v) is 8.73. The molecule has 1 spiro atoms. The summed E-state index contributed by atoms with van der Waals surface area (Å²) in [5.74, 6) is -1.12. The van der Waals surface area contributed by atoms with Crippen molar-refractivity contribution in [3.8, 4) is 0 Å². The smallest absolute Gasteiger partial charge is 0.345 e. The van der Waals surface area contributed by atoms with Crippen molar-refractivity contribution < 1.29 is 27.8 Å². The van der Waals surface area contributed by atoms with Gasteiger partial charge in [-0.3, -0.25) is 0 Å². The Morgan fingerprint density at radius 3 is 2.91 bits per heavy atom. The molecular weight excluding hydrogens is 342 g/mol. The minimum absolute atomic E-state index is 0.0165. The maximum absolute atomic E-state index is 12.9. The highest BCUT2D eigenvalue weighted by atomic mass is 32.2. The first kappa shape index (κ1) is 16.8. The Balaban J connectivity index is 1.89. The van der Waals surface area contributed by atoms with Gasteiger partial charge in [0.25, 0.3) is 0 Å². The SMILES string of the molecule is CCC1CN(S(=O)(=O)c2csc(C(=O)O)c2)CC2(CCOC2)O1. The third kappa shape index (κ3) is 3.16. The Morgan fingerprint density at radius 2 is 2.35 bits per heavy atom. The molecule has 3 heterocycles. The van der Waals surface area contributed by atoms with Crippen molar-refractivity contribution in [3.63, 3.8) is 0 Å². The van der Waals surface area contributed by atoms with Gasteiger partial charge >= 0.3 is 5.97 Å². The molecule has 0 amide bonds. The predicted octanol–water partition coefficient (Wildman–Crippen LogP) is 1.40. The van der Waals surface area contributed by atoms with E-state index < -0.39 is 21.6 Å². The standard InChI is InChI=1S/C14H19NO6S2/c1-2-10-6-15(8-14(21-10)3-4-20-9-14)23(18,19)11-5-12(13(16)17)22-7-11/h5,7,10H,2-4,6,8-9H2,1H3,(H,16,17). The van der Waals surface area contributed by atoms with Crippen LogP contribution in [0.1, 0.15) is 29.4 Å². The summed E-state index contributed by atoms with van der Waals surface area (Å²) < 4.78 is 38.6. The van der Waals surface area contributed by atoms with Gasteiger partial charge in [-0.1, -0.05) is 6.92 Å². The first-order valence-electron chi connectivity index (χ1n) is 7.44. The van der Waals surface area contributed by atoms with Crippen LogP contribution in [0.4, 0.5) is 0 Å². The van der Waals surface area contributed by atoms with Crippen LogP contribution >= 0.6 is 11.3 Å². The molecule has 2 unspecified atom stereocenters. The number of sulfonamides is 1. The summed E-state index contributed by atoms with van der Waals surface area (Å²) in [5.41, 5.74) is -0.586. The van der Waals surface area contributed by atoms with Gasteiger partial charge in [-0.2, -0.15) is 4.31 Å². The average Bonchev–Trinajstić information content (AvgIpc) is 3.16. The molecule has 0 saturated carbocycles. The number of morpholine rings is 1. The fraction of sp³-hybridized carbons (Fsp3) is 0.643. The van der Waals surface area contributed by atoms with Crippen molar-refractivity contribution in [1.82, 2.24) is 4.31 Å². The maximum atomic E-state index is 12.9. The molecule has 128 valence electrons. The maximum Gasteiger partial charge on any atom is 0.345 e. The fourth-order valence-corrected chi connectivity index (χ4v) is 5.60. The third-order valence-corrected chi connectivity index (χ3v) is 7.09. The summed E-state index contributed by atoms with van der Waals surface area (Å²) in [6, 6.07) is 1.22. The summed E-state index contributed by atoms with van der Waals surface area (Å²) in [7, 11) is -3.74. The van der Waals surface area contributed by atoms with Gasteiger partial charge in [0, 0.05) is 31.5 Å². The van der Waals surface area contributed by atoms with Gasteiger partial charge in [0.15, 0.2) is 0 Å². The van der Waals surface area contributed by atoms with E-state index in [-0.39, 0.29) is 29.0 Å². The molecule has 2 saturated heterocycles. The molecule has 3 rings (SSSR count). The minimum atomic E-state index is -3.74. The normalized spacial score (nSPS) is 29.2. The number of rotatable bonds is 4. The number of hydrogen-bond acceptors (Lipinski definition) is 6. The quantitative estimate of drug-likeness (QED) is 0.871. The Morgan fingerprint density at radius 1 is 1.57 bits per heavy atom. The number of carbonyl (C=O) groups is 1. The lowest BCUT2D eigenvalue weighted by atomic mass is 10.00. The molecule has 1 N–H and O–H groups in total. The largest absolute Gasteiger partial charge is 0.477 e. The van der Waals surface area contributed by atoms with Crippen LogP contribution in [-0.2, 0) is 19.5 Å². The number of aromatic carboxylic acids is 1. The molecule has 2 aliphatic heterocycles. The molecule has 23 heavy (non-hydrogen) atoms. The van der Waals surface area contributed by atoms with Crippen LogP contribution in [0.2, 0.25) is 0 Å². The van der Waals surface area contributed by atoms with Crippen LogP contribution < -0.4 is 0 Å². The molecular formula is C14H19NO6S2.